The second-order valence-electron chi connectivity index (χ2n) is 13.5. The number of anilines is 2. The third-order valence-electron chi connectivity index (χ3n) is 9.15. The molecule has 4 heterocycles. The molecule has 5 rings (SSSR count). The van der Waals surface area contributed by atoms with Crippen molar-refractivity contribution in [1.82, 2.24) is 29.5 Å². The molecule has 1 fully saturated rings. The van der Waals surface area contributed by atoms with Crippen molar-refractivity contribution < 1.29 is 14.3 Å². The fraction of sp³-hybridized carbons (Fsp3) is 0.588. The first kappa shape index (κ1) is 33.9. The SMILES string of the molecule is C=CC(=O)N1CCN(c2nc(OCCN(CC)CC)nc3c2CCN(c2c(C)ccc4c2cnn4COCC[Si](C)(C)C)C3)CC1. The highest BCUT2D eigenvalue weighted by atomic mass is 28.3. The number of hydrogen-bond acceptors (Lipinski definition) is 9. The summed E-state index contributed by atoms with van der Waals surface area (Å²) in [6.07, 6.45) is 4.19. The Kier molecular flexibility index (Phi) is 11.0. The highest BCUT2D eigenvalue weighted by molar-refractivity contribution is 6.76. The first-order chi connectivity index (χ1) is 22.1. The van der Waals surface area contributed by atoms with Crippen molar-refractivity contribution in [2.45, 2.75) is 66.2 Å². The second-order valence-corrected chi connectivity index (χ2v) is 19.1. The monoisotopic (exact) mass is 648 g/mol. The summed E-state index contributed by atoms with van der Waals surface area (Å²) in [6.45, 7) is 26.0. The molecule has 0 aliphatic carbocycles. The number of aromatic nitrogens is 4. The molecule has 1 amide bonds. The highest BCUT2D eigenvalue weighted by Gasteiger charge is 2.30. The van der Waals surface area contributed by atoms with E-state index in [2.05, 4.69) is 73.8 Å². The summed E-state index contributed by atoms with van der Waals surface area (Å²) in [5.41, 5.74) is 5.65. The summed E-state index contributed by atoms with van der Waals surface area (Å²) in [6, 6.07) is 5.90. The third-order valence-corrected chi connectivity index (χ3v) is 10.9. The first-order valence-corrected chi connectivity index (χ1v) is 20.5. The molecule has 0 unspecified atom stereocenters. The number of carbonyl (C=O) groups is 1. The Labute approximate surface area is 275 Å². The van der Waals surface area contributed by atoms with Crippen LogP contribution in [0.25, 0.3) is 10.9 Å². The van der Waals surface area contributed by atoms with Gasteiger partial charge < -0.3 is 29.1 Å². The molecule has 250 valence electrons. The maximum Gasteiger partial charge on any atom is 0.318 e. The van der Waals surface area contributed by atoms with Crippen LogP contribution < -0.4 is 14.5 Å². The zero-order valence-corrected chi connectivity index (χ0v) is 29.7. The lowest BCUT2D eigenvalue weighted by Crippen LogP contribution is -2.49. The average Bonchev–Trinajstić information content (AvgIpc) is 3.46. The first-order valence-electron chi connectivity index (χ1n) is 16.8. The Morgan fingerprint density at radius 3 is 2.50 bits per heavy atom. The van der Waals surface area contributed by atoms with Crippen molar-refractivity contribution in [3.8, 4) is 6.01 Å². The number of aryl methyl sites for hydroxylation is 1. The van der Waals surface area contributed by atoms with Crippen molar-refractivity contribution in [3.63, 3.8) is 0 Å². The van der Waals surface area contributed by atoms with Crippen LogP contribution in [-0.4, -0.2) is 109 Å². The van der Waals surface area contributed by atoms with Crippen molar-refractivity contribution in [3.05, 3.63) is 47.8 Å². The molecule has 2 aliphatic rings. The number of piperazine rings is 1. The molecule has 0 spiro atoms. The van der Waals surface area contributed by atoms with Crippen LogP contribution in [0, 0.1) is 6.92 Å². The average molecular weight is 649 g/mol. The summed E-state index contributed by atoms with van der Waals surface area (Å²) in [4.78, 5) is 31.1. The Morgan fingerprint density at radius 2 is 1.80 bits per heavy atom. The van der Waals surface area contributed by atoms with Crippen LogP contribution >= 0.6 is 0 Å². The molecule has 3 aromatic rings. The van der Waals surface area contributed by atoms with Gasteiger partial charge >= 0.3 is 6.01 Å². The second kappa shape index (κ2) is 15.0. The summed E-state index contributed by atoms with van der Waals surface area (Å²) in [5.74, 6) is 0.915. The van der Waals surface area contributed by atoms with Crippen molar-refractivity contribution in [2.75, 3.05) is 75.4 Å². The summed E-state index contributed by atoms with van der Waals surface area (Å²) in [7, 11) is -1.15. The predicted octanol–water partition coefficient (Wildman–Crippen LogP) is 4.56. The number of ether oxygens (including phenoxy) is 2. The number of nitrogens with zero attached hydrogens (tertiary/aromatic N) is 8. The summed E-state index contributed by atoms with van der Waals surface area (Å²) >= 11 is 0. The zero-order chi connectivity index (χ0) is 32.8. The Balaban J connectivity index is 1.39. The van der Waals surface area contributed by atoms with Gasteiger partial charge in [-0.3, -0.25) is 4.79 Å². The number of hydrogen-bond donors (Lipinski definition) is 0. The van der Waals surface area contributed by atoms with Crippen LogP contribution in [0.4, 0.5) is 11.5 Å². The van der Waals surface area contributed by atoms with E-state index in [-0.39, 0.29) is 5.91 Å². The standard InChI is InChI=1S/C34H52N8O3Si/c1-8-31(43)39-15-17-40(18-16-39)33-27-13-14-41(24-29(27)36-34(37-33)45-20-19-38(9-2)10-3)32-26(4)11-12-30-28(32)23-35-42(30)25-44-21-22-46(5,6)7/h8,11-12,23H,1,9-10,13-22,24-25H2,2-7H3. The predicted molar refractivity (Wildman–Crippen MR) is 188 cm³/mol. The van der Waals surface area contributed by atoms with Crippen LogP contribution in [0.15, 0.2) is 31.0 Å². The maximum atomic E-state index is 12.2. The molecule has 0 bridgehead atoms. The minimum absolute atomic E-state index is 0.0218. The molecule has 1 saturated heterocycles. The highest BCUT2D eigenvalue weighted by Crippen LogP contribution is 2.36. The third kappa shape index (κ3) is 7.90. The van der Waals surface area contributed by atoms with Gasteiger partial charge in [-0.25, -0.2) is 4.68 Å². The molecule has 0 radical (unpaired) electrons. The van der Waals surface area contributed by atoms with Crippen LogP contribution in [0.5, 0.6) is 6.01 Å². The van der Waals surface area contributed by atoms with E-state index in [4.69, 9.17) is 24.5 Å². The van der Waals surface area contributed by atoms with Gasteiger partial charge in [0, 0.05) is 64.9 Å². The van der Waals surface area contributed by atoms with Crippen molar-refractivity contribution in [2.24, 2.45) is 0 Å². The topological polar surface area (TPSA) is 92.1 Å². The molecular formula is C34H52N8O3Si. The van der Waals surface area contributed by atoms with Gasteiger partial charge in [-0.2, -0.15) is 15.1 Å². The van der Waals surface area contributed by atoms with Gasteiger partial charge in [0.1, 0.15) is 19.2 Å². The van der Waals surface area contributed by atoms with Gasteiger partial charge in [-0.05, 0) is 50.2 Å². The van der Waals surface area contributed by atoms with Gasteiger partial charge in [0.2, 0.25) is 5.91 Å². The van der Waals surface area contributed by atoms with E-state index in [1.807, 2.05) is 15.8 Å². The molecule has 2 aromatic heterocycles. The van der Waals surface area contributed by atoms with Crippen LogP contribution in [0.2, 0.25) is 25.7 Å². The fourth-order valence-corrected chi connectivity index (χ4v) is 7.04. The number of amides is 1. The lowest BCUT2D eigenvalue weighted by molar-refractivity contribution is -0.126. The molecule has 0 saturated carbocycles. The molecule has 46 heavy (non-hydrogen) atoms. The smallest absolute Gasteiger partial charge is 0.318 e. The van der Waals surface area contributed by atoms with Gasteiger partial charge in [-0.1, -0.05) is 46.1 Å². The van der Waals surface area contributed by atoms with E-state index < -0.39 is 8.07 Å². The van der Waals surface area contributed by atoms with Crippen LogP contribution in [-0.2, 0) is 29.2 Å². The van der Waals surface area contributed by atoms with E-state index in [0.717, 1.165) is 67.7 Å². The van der Waals surface area contributed by atoms with Crippen LogP contribution in [0.3, 0.4) is 0 Å². The minimum Gasteiger partial charge on any atom is -0.462 e. The number of rotatable bonds is 14. The number of likely N-dealkylation sites (N-methyl/N-ethyl adjacent to an activating group) is 1. The summed E-state index contributed by atoms with van der Waals surface area (Å²) in [5, 5.41) is 5.86. The number of fused-ring (bicyclic) bond motifs is 2. The quantitative estimate of drug-likeness (QED) is 0.142. The van der Waals surface area contributed by atoms with Crippen molar-refractivity contribution in [1.29, 1.82) is 0 Å². The lowest BCUT2D eigenvalue weighted by Gasteiger charge is -2.38. The minimum atomic E-state index is -1.15. The summed E-state index contributed by atoms with van der Waals surface area (Å²) < 4.78 is 14.2. The largest absolute Gasteiger partial charge is 0.462 e. The lowest BCUT2D eigenvalue weighted by atomic mass is 10.0. The zero-order valence-electron chi connectivity index (χ0n) is 28.7. The molecule has 0 atom stereocenters. The van der Waals surface area contributed by atoms with E-state index in [1.54, 1.807) is 0 Å². The molecule has 0 N–H and O–H groups in total. The molecule has 11 nitrogen and oxygen atoms in total. The molecule has 1 aromatic carbocycles. The van der Waals surface area contributed by atoms with E-state index in [9.17, 15) is 4.79 Å². The van der Waals surface area contributed by atoms with Crippen LogP contribution in [0.1, 0.15) is 30.7 Å². The van der Waals surface area contributed by atoms with Gasteiger partial charge in [0.25, 0.3) is 0 Å². The van der Waals surface area contributed by atoms with Gasteiger partial charge in [-0.15, -0.1) is 0 Å². The van der Waals surface area contributed by atoms with Gasteiger partial charge in [0.15, 0.2) is 0 Å². The van der Waals surface area contributed by atoms with E-state index >= 15 is 0 Å². The molecule has 12 heteroatoms. The normalized spacial score (nSPS) is 15.5. The fourth-order valence-electron chi connectivity index (χ4n) is 6.28. The number of benzene rings is 1. The Hall–Kier alpha value is -3.48. The van der Waals surface area contributed by atoms with E-state index in [1.165, 1.54) is 22.9 Å². The molecule has 2 aliphatic heterocycles. The molecular weight excluding hydrogens is 597 g/mol. The van der Waals surface area contributed by atoms with Gasteiger partial charge in [0.05, 0.1) is 29.6 Å². The maximum absolute atomic E-state index is 12.2. The number of carbonyl (C=O) groups excluding carboxylic acids is 1. The van der Waals surface area contributed by atoms with E-state index in [0.29, 0.717) is 52.1 Å². The Morgan fingerprint density at radius 1 is 1.04 bits per heavy atom. The Bertz CT molecular complexity index is 1510. The van der Waals surface area contributed by atoms with Crippen molar-refractivity contribution >= 4 is 36.4 Å².